The third-order valence-electron chi connectivity index (χ3n) is 3.29. The van der Waals surface area contributed by atoms with Crippen LogP contribution in [0.15, 0.2) is 30.3 Å². The molecule has 1 amide bonds. The van der Waals surface area contributed by atoms with Crippen molar-refractivity contribution in [3.05, 3.63) is 57.1 Å². The van der Waals surface area contributed by atoms with Gasteiger partial charge >= 0.3 is 6.18 Å². The van der Waals surface area contributed by atoms with Crippen LogP contribution in [0, 0.1) is 0 Å². The quantitative estimate of drug-likeness (QED) is 0.670. The molecule has 0 saturated carbocycles. The molecule has 26 heavy (non-hydrogen) atoms. The van der Waals surface area contributed by atoms with E-state index in [1.54, 1.807) is 6.92 Å². The zero-order chi connectivity index (χ0) is 19.5. The highest BCUT2D eigenvalue weighted by Crippen LogP contribution is 2.35. The zero-order valence-electron chi connectivity index (χ0n) is 13.3. The standard InChI is InChI=1S/C17H12Cl2F3NO3/c1-2-26-15-13(18)5-10(6-14(15)19)16(25)23-11-4-3-9(8-24)12(7-11)17(20,21)22/h3-8H,2H2,1H3,(H,23,25). The molecule has 2 aromatic carbocycles. The molecular weight excluding hydrogens is 394 g/mol. The number of aldehydes is 1. The highest BCUT2D eigenvalue weighted by molar-refractivity contribution is 6.37. The summed E-state index contributed by atoms with van der Waals surface area (Å²) in [6.45, 7) is 2.04. The molecular formula is C17H12Cl2F3NO3. The van der Waals surface area contributed by atoms with E-state index in [-0.39, 0.29) is 33.3 Å². The lowest BCUT2D eigenvalue weighted by molar-refractivity contribution is -0.137. The number of carbonyl (C=O) groups excluding carboxylic acids is 2. The molecule has 0 heterocycles. The summed E-state index contributed by atoms with van der Waals surface area (Å²) in [6, 6.07) is 5.42. The van der Waals surface area contributed by atoms with Crippen molar-refractivity contribution in [1.29, 1.82) is 0 Å². The maximum absolute atomic E-state index is 13.0. The number of anilines is 1. The third-order valence-corrected chi connectivity index (χ3v) is 3.85. The SMILES string of the molecule is CCOc1c(Cl)cc(C(=O)Nc2ccc(C=O)c(C(F)(F)F)c2)cc1Cl. The van der Waals surface area contributed by atoms with Crippen LogP contribution in [0.3, 0.4) is 0 Å². The van der Waals surface area contributed by atoms with Gasteiger partial charge in [-0.05, 0) is 37.3 Å². The van der Waals surface area contributed by atoms with E-state index >= 15 is 0 Å². The van der Waals surface area contributed by atoms with Gasteiger partial charge in [0.25, 0.3) is 5.91 Å². The Balaban J connectivity index is 2.32. The van der Waals surface area contributed by atoms with Gasteiger partial charge in [-0.15, -0.1) is 0 Å². The summed E-state index contributed by atoms with van der Waals surface area (Å²) in [5.74, 6) is -0.508. The van der Waals surface area contributed by atoms with E-state index < -0.39 is 23.2 Å². The van der Waals surface area contributed by atoms with Crippen molar-refractivity contribution in [2.45, 2.75) is 13.1 Å². The lowest BCUT2D eigenvalue weighted by Gasteiger charge is -2.13. The van der Waals surface area contributed by atoms with Gasteiger partial charge in [-0.3, -0.25) is 9.59 Å². The van der Waals surface area contributed by atoms with Crippen molar-refractivity contribution in [2.24, 2.45) is 0 Å². The van der Waals surface area contributed by atoms with Crippen molar-refractivity contribution >= 4 is 41.1 Å². The summed E-state index contributed by atoms with van der Waals surface area (Å²) in [7, 11) is 0. The summed E-state index contributed by atoms with van der Waals surface area (Å²) in [6.07, 6.45) is -4.64. The van der Waals surface area contributed by atoms with Gasteiger partial charge in [0, 0.05) is 16.8 Å². The van der Waals surface area contributed by atoms with Gasteiger partial charge in [0.15, 0.2) is 12.0 Å². The number of hydrogen-bond donors (Lipinski definition) is 1. The molecule has 2 aromatic rings. The van der Waals surface area contributed by atoms with Crippen LogP contribution in [0.25, 0.3) is 0 Å². The van der Waals surface area contributed by atoms with Gasteiger partial charge < -0.3 is 10.1 Å². The molecule has 0 spiro atoms. The monoisotopic (exact) mass is 405 g/mol. The molecule has 4 nitrogen and oxygen atoms in total. The number of hydrogen-bond acceptors (Lipinski definition) is 3. The average Bonchev–Trinajstić information content (AvgIpc) is 2.57. The maximum atomic E-state index is 13.0. The minimum absolute atomic E-state index is 0.0384. The van der Waals surface area contributed by atoms with Crippen molar-refractivity contribution in [1.82, 2.24) is 0 Å². The van der Waals surface area contributed by atoms with Crippen LogP contribution < -0.4 is 10.1 Å². The van der Waals surface area contributed by atoms with Crippen LogP contribution in [0.5, 0.6) is 5.75 Å². The first-order chi connectivity index (χ1) is 12.2. The number of rotatable bonds is 5. The molecule has 0 aliphatic carbocycles. The number of amides is 1. The number of ether oxygens (including phenoxy) is 1. The highest BCUT2D eigenvalue weighted by Gasteiger charge is 2.33. The maximum Gasteiger partial charge on any atom is 0.417 e. The first-order valence-corrected chi connectivity index (χ1v) is 8.02. The van der Waals surface area contributed by atoms with E-state index in [1.807, 2.05) is 0 Å². The number of benzene rings is 2. The van der Waals surface area contributed by atoms with Crippen LogP contribution in [0.1, 0.15) is 33.2 Å². The Hall–Kier alpha value is -2.25. The van der Waals surface area contributed by atoms with Gasteiger partial charge in [-0.25, -0.2) is 0 Å². The van der Waals surface area contributed by atoms with E-state index in [1.165, 1.54) is 18.2 Å². The Kier molecular flexibility index (Phi) is 6.15. The predicted molar refractivity (Wildman–Crippen MR) is 92.4 cm³/mol. The minimum atomic E-state index is -4.73. The van der Waals surface area contributed by atoms with E-state index in [9.17, 15) is 22.8 Å². The van der Waals surface area contributed by atoms with Gasteiger partial charge in [0.2, 0.25) is 0 Å². The number of alkyl halides is 3. The largest absolute Gasteiger partial charge is 0.491 e. The molecule has 0 aromatic heterocycles. The second-order valence-corrected chi connectivity index (χ2v) is 5.89. The molecule has 0 saturated heterocycles. The lowest BCUT2D eigenvalue weighted by Crippen LogP contribution is -2.14. The van der Waals surface area contributed by atoms with E-state index in [0.717, 1.165) is 6.07 Å². The second kappa shape index (κ2) is 7.97. The van der Waals surface area contributed by atoms with E-state index in [0.29, 0.717) is 12.7 Å². The summed E-state index contributed by atoms with van der Waals surface area (Å²) < 4.78 is 44.2. The Bertz CT molecular complexity index is 831. The minimum Gasteiger partial charge on any atom is -0.491 e. The Labute approximate surface area is 156 Å². The molecule has 0 radical (unpaired) electrons. The number of carbonyl (C=O) groups is 2. The van der Waals surface area contributed by atoms with Crippen LogP contribution in [-0.4, -0.2) is 18.8 Å². The van der Waals surface area contributed by atoms with Gasteiger partial charge in [-0.2, -0.15) is 13.2 Å². The summed E-state index contributed by atoms with van der Waals surface area (Å²) >= 11 is 12.0. The zero-order valence-corrected chi connectivity index (χ0v) is 14.8. The van der Waals surface area contributed by atoms with E-state index in [4.69, 9.17) is 27.9 Å². The molecule has 2 rings (SSSR count). The average molecular weight is 406 g/mol. The summed E-state index contributed by atoms with van der Waals surface area (Å²) in [5, 5.41) is 2.50. The van der Waals surface area contributed by atoms with E-state index in [2.05, 4.69) is 5.32 Å². The fourth-order valence-electron chi connectivity index (χ4n) is 2.16. The number of nitrogens with one attached hydrogen (secondary N) is 1. The van der Waals surface area contributed by atoms with Crippen LogP contribution in [0.2, 0.25) is 10.0 Å². The molecule has 138 valence electrons. The van der Waals surface area contributed by atoms with Gasteiger partial charge in [0.1, 0.15) is 0 Å². The summed E-state index contributed by atoms with van der Waals surface area (Å²) in [5.41, 5.74) is -1.76. The topological polar surface area (TPSA) is 55.4 Å². The Morgan fingerprint density at radius 3 is 2.31 bits per heavy atom. The molecule has 0 atom stereocenters. The molecule has 0 unspecified atom stereocenters. The van der Waals surface area contributed by atoms with Crippen molar-refractivity contribution in [3.63, 3.8) is 0 Å². The van der Waals surface area contributed by atoms with Crippen molar-refractivity contribution in [2.75, 3.05) is 11.9 Å². The van der Waals surface area contributed by atoms with Crippen molar-refractivity contribution in [3.8, 4) is 5.75 Å². The summed E-state index contributed by atoms with van der Waals surface area (Å²) in [4.78, 5) is 23.0. The smallest absolute Gasteiger partial charge is 0.417 e. The fraction of sp³-hybridized carbons (Fsp3) is 0.176. The molecule has 0 fully saturated rings. The Morgan fingerprint density at radius 1 is 1.19 bits per heavy atom. The van der Waals surface area contributed by atoms with Crippen molar-refractivity contribution < 1.29 is 27.5 Å². The molecule has 0 aliphatic heterocycles. The fourth-order valence-corrected chi connectivity index (χ4v) is 2.75. The normalized spacial score (nSPS) is 11.2. The first kappa shape index (κ1) is 20.1. The lowest BCUT2D eigenvalue weighted by atomic mass is 10.1. The van der Waals surface area contributed by atoms with Gasteiger partial charge in [-0.1, -0.05) is 23.2 Å². The molecule has 0 bridgehead atoms. The molecule has 0 aliphatic rings. The van der Waals surface area contributed by atoms with Crippen LogP contribution in [-0.2, 0) is 6.18 Å². The third kappa shape index (κ3) is 4.47. The molecule has 1 N–H and O–H groups in total. The number of halogens is 5. The highest BCUT2D eigenvalue weighted by atomic mass is 35.5. The van der Waals surface area contributed by atoms with Crippen LogP contribution >= 0.6 is 23.2 Å². The second-order valence-electron chi connectivity index (χ2n) is 5.07. The van der Waals surface area contributed by atoms with Gasteiger partial charge in [0.05, 0.1) is 22.2 Å². The van der Waals surface area contributed by atoms with Crippen LogP contribution in [0.4, 0.5) is 18.9 Å². The first-order valence-electron chi connectivity index (χ1n) is 7.27. The Morgan fingerprint density at radius 2 is 1.81 bits per heavy atom. The molecule has 9 heteroatoms. The predicted octanol–water partition coefficient (Wildman–Crippen LogP) is 5.48.